The van der Waals surface area contributed by atoms with Gasteiger partial charge in [-0.3, -0.25) is 0 Å². The van der Waals surface area contributed by atoms with Gasteiger partial charge in [0.25, 0.3) is 0 Å². The quantitative estimate of drug-likeness (QED) is 0.901. The van der Waals surface area contributed by atoms with Gasteiger partial charge < -0.3 is 10.2 Å². The SMILES string of the molecule is CC(NC1CCN2CCC1C2)c1ccc(C#N)cc1. The molecular formula is C16H21N3. The Kier molecular flexibility index (Phi) is 3.54. The van der Waals surface area contributed by atoms with Crippen LogP contribution in [0.3, 0.4) is 0 Å². The molecule has 4 atom stereocenters. The molecule has 2 fully saturated rings. The standard InChI is InChI=1S/C16H21N3/c1-12(14-4-2-13(10-17)3-5-14)18-16-7-9-19-8-6-15(16)11-19/h2-5,12,15-16,18H,6-9,11H2,1H3. The normalized spacial score (nSPS) is 30.8. The van der Waals surface area contributed by atoms with E-state index < -0.39 is 0 Å². The number of fused-ring (bicyclic) bond motifs is 2. The summed E-state index contributed by atoms with van der Waals surface area (Å²) in [5, 5.41) is 12.6. The molecule has 0 aromatic heterocycles. The summed E-state index contributed by atoms with van der Waals surface area (Å²) < 4.78 is 0. The van der Waals surface area contributed by atoms with Crippen LogP contribution in [0.1, 0.15) is 36.9 Å². The van der Waals surface area contributed by atoms with E-state index >= 15 is 0 Å². The highest BCUT2D eigenvalue weighted by atomic mass is 15.2. The molecule has 4 unspecified atom stereocenters. The van der Waals surface area contributed by atoms with Gasteiger partial charge in [0.2, 0.25) is 0 Å². The molecule has 2 aliphatic rings. The number of nitrogens with zero attached hydrogens (tertiary/aromatic N) is 2. The lowest BCUT2D eigenvalue weighted by atomic mass is 9.92. The van der Waals surface area contributed by atoms with Crippen molar-refractivity contribution in [1.29, 1.82) is 5.26 Å². The van der Waals surface area contributed by atoms with Gasteiger partial charge in [-0.05, 0) is 56.5 Å². The summed E-state index contributed by atoms with van der Waals surface area (Å²) in [6.45, 7) is 6.03. The minimum atomic E-state index is 0.366. The van der Waals surface area contributed by atoms with Crippen molar-refractivity contribution in [1.82, 2.24) is 10.2 Å². The van der Waals surface area contributed by atoms with Crippen LogP contribution >= 0.6 is 0 Å². The molecule has 1 aromatic carbocycles. The van der Waals surface area contributed by atoms with E-state index in [1.54, 1.807) is 0 Å². The number of nitriles is 1. The molecule has 100 valence electrons. The Hall–Kier alpha value is -1.37. The molecule has 0 radical (unpaired) electrons. The second kappa shape index (κ2) is 5.32. The van der Waals surface area contributed by atoms with E-state index in [4.69, 9.17) is 5.26 Å². The summed E-state index contributed by atoms with van der Waals surface area (Å²) in [6, 6.07) is 11.1. The second-order valence-corrected chi connectivity index (χ2v) is 5.87. The number of hydrogen-bond acceptors (Lipinski definition) is 3. The van der Waals surface area contributed by atoms with E-state index in [0.717, 1.165) is 11.5 Å². The van der Waals surface area contributed by atoms with Crippen LogP contribution < -0.4 is 5.32 Å². The Labute approximate surface area is 115 Å². The lowest BCUT2D eigenvalue weighted by Gasteiger charge is -2.33. The predicted octanol–water partition coefficient (Wildman–Crippen LogP) is 2.30. The monoisotopic (exact) mass is 255 g/mol. The summed E-state index contributed by atoms with van der Waals surface area (Å²) >= 11 is 0. The third-order valence-electron chi connectivity index (χ3n) is 4.64. The molecule has 0 aliphatic carbocycles. The zero-order valence-electron chi connectivity index (χ0n) is 11.5. The third-order valence-corrected chi connectivity index (χ3v) is 4.64. The van der Waals surface area contributed by atoms with Crippen LogP contribution in [-0.4, -0.2) is 30.6 Å². The van der Waals surface area contributed by atoms with E-state index in [1.165, 1.54) is 38.0 Å². The summed E-state index contributed by atoms with van der Waals surface area (Å²) in [7, 11) is 0. The summed E-state index contributed by atoms with van der Waals surface area (Å²) in [6.07, 6.45) is 2.61. The number of nitrogens with one attached hydrogen (secondary N) is 1. The van der Waals surface area contributed by atoms with Gasteiger partial charge >= 0.3 is 0 Å². The maximum absolute atomic E-state index is 8.83. The highest BCUT2D eigenvalue weighted by Gasteiger charge is 2.34. The first-order chi connectivity index (χ1) is 9.26. The Morgan fingerprint density at radius 2 is 2.00 bits per heavy atom. The Balaban J connectivity index is 1.64. The molecule has 2 bridgehead atoms. The fourth-order valence-corrected chi connectivity index (χ4v) is 3.43. The average molecular weight is 255 g/mol. The van der Waals surface area contributed by atoms with Crippen molar-refractivity contribution in [2.75, 3.05) is 19.6 Å². The molecule has 3 heteroatoms. The lowest BCUT2D eigenvalue weighted by molar-refractivity contribution is 0.212. The first-order valence-corrected chi connectivity index (χ1v) is 7.25. The maximum Gasteiger partial charge on any atom is 0.0991 e. The zero-order chi connectivity index (χ0) is 13.2. The molecule has 0 spiro atoms. The van der Waals surface area contributed by atoms with E-state index in [-0.39, 0.29) is 0 Å². The number of rotatable bonds is 3. The van der Waals surface area contributed by atoms with Gasteiger partial charge in [-0.1, -0.05) is 12.1 Å². The Bertz CT molecular complexity index is 474. The smallest absolute Gasteiger partial charge is 0.0991 e. The second-order valence-electron chi connectivity index (χ2n) is 5.87. The number of benzene rings is 1. The van der Waals surface area contributed by atoms with Gasteiger partial charge in [-0.25, -0.2) is 0 Å². The van der Waals surface area contributed by atoms with Crippen molar-refractivity contribution in [2.24, 2.45) is 5.92 Å². The first kappa shape index (κ1) is 12.7. The summed E-state index contributed by atoms with van der Waals surface area (Å²) in [4.78, 5) is 2.58. The minimum absolute atomic E-state index is 0.366. The molecule has 19 heavy (non-hydrogen) atoms. The Morgan fingerprint density at radius 3 is 2.74 bits per heavy atom. The minimum Gasteiger partial charge on any atom is -0.307 e. The molecule has 1 N–H and O–H groups in total. The average Bonchev–Trinajstić information content (AvgIpc) is 2.85. The van der Waals surface area contributed by atoms with E-state index in [1.807, 2.05) is 12.1 Å². The number of hydrogen-bond donors (Lipinski definition) is 1. The summed E-state index contributed by atoms with van der Waals surface area (Å²) in [5.74, 6) is 0.828. The van der Waals surface area contributed by atoms with Crippen molar-refractivity contribution in [3.8, 4) is 6.07 Å². The van der Waals surface area contributed by atoms with E-state index in [2.05, 4.69) is 35.3 Å². The highest BCUT2D eigenvalue weighted by molar-refractivity contribution is 5.32. The van der Waals surface area contributed by atoms with Crippen LogP contribution in [0.25, 0.3) is 0 Å². The third kappa shape index (κ3) is 2.65. The van der Waals surface area contributed by atoms with Gasteiger partial charge in [0.05, 0.1) is 11.6 Å². The van der Waals surface area contributed by atoms with Crippen LogP contribution in [0.15, 0.2) is 24.3 Å². The van der Waals surface area contributed by atoms with Gasteiger partial charge in [0, 0.05) is 18.6 Å². The lowest BCUT2D eigenvalue weighted by Crippen LogP contribution is -2.44. The Morgan fingerprint density at radius 1 is 1.26 bits per heavy atom. The molecule has 2 saturated heterocycles. The molecule has 2 aliphatic heterocycles. The molecule has 3 nitrogen and oxygen atoms in total. The van der Waals surface area contributed by atoms with E-state index in [0.29, 0.717) is 12.1 Å². The topological polar surface area (TPSA) is 39.1 Å². The van der Waals surface area contributed by atoms with Gasteiger partial charge in [0.15, 0.2) is 0 Å². The van der Waals surface area contributed by atoms with Crippen molar-refractivity contribution in [3.63, 3.8) is 0 Å². The molecular weight excluding hydrogens is 234 g/mol. The number of piperidine rings is 1. The molecule has 0 amide bonds. The van der Waals surface area contributed by atoms with Gasteiger partial charge in [-0.15, -0.1) is 0 Å². The van der Waals surface area contributed by atoms with Crippen LogP contribution in [0.5, 0.6) is 0 Å². The van der Waals surface area contributed by atoms with Crippen LogP contribution in [0.4, 0.5) is 0 Å². The van der Waals surface area contributed by atoms with Crippen LogP contribution in [0.2, 0.25) is 0 Å². The predicted molar refractivity (Wildman–Crippen MR) is 75.7 cm³/mol. The van der Waals surface area contributed by atoms with Crippen LogP contribution in [0, 0.1) is 17.2 Å². The van der Waals surface area contributed by atoms with Crippen molar-refractivity contribution >= 4 is 0 Å². The van der Waals surface area contributed by atoms with E-state index in [9.17, 15) is 0 Å². The van der Waals surface area contributed by atoms with Gasteiger partial charge in [0.1, 0.15) is 0 Å². The first-order valence-electron chi connectivity index (χ1n) is 7.25. The highest BCUT2D eigenvalue weighted by Crippen LogP contribution is 2.28. The van der Waals surface area contributed by atoms with Crippen molar-refractivity contribution in [3.05, 3.63) is 35.4 Å². The molecule has 3 rings (SSSR count). The zero-order valence-corrected chi connectivity index (χ0v) is 11.5. The molecule has 1 aromatic rings. The van der Waals surface area contributed by atoms with Crippen LogP contribution in [-0.2, 0) is 0 Å². The summed E-state index contributed by atoms with van der Waals surface area (Å²) in [5.41, 5.74) is 2.01. The largest absolute Gasteiger partial charge is 0.307 e. The van der Waals surface area contributed by atoms with Crippen molar-refractivity contribution in [2.45, 2.75) is 31.8 Å². The molecule has 0 saturated carbocycles. The van der Waals surface area contributed by atoms with Gasteiger partial charge in [-0.2, -0.15) is 5.26 Å². The fraction of sp³-hybridized carbons (Fsp3) is 0.562. The maximum atomic E-state index is 8.83. The molecule has 2 heterocycles. The fourth-order valence-electron chi connectivity index (χ4n) is 3.43. The van der Waals surface area contributed by atoms with Crippen molar-refractivity contribution < 1.29 is 0 Å².